The minimum Gasteiger partial charge on any atom is -0.494 e. The highest BCUT2D eigenvalue weighted by Gasteiger charge is 2.11. The van der Waals surface area contributed by atoms with E-state index in [4.69, 9.17) is 22.1 Å². The van der Waals surface area contributed by atoms with Crippen LogP contribution in [-0.2, 0) is 0 Å². The lowest BCUT2D eigenvalue weighted by molar-refractivity contribution is 0.317. The number of nitrogens with one attached hydrogen (secondary N) is 2. The highest BCUT2D eigenvalue weighted by atomic mass is 32.1. The van der Waals surface area contributed by atoms with E-state index in [1.54, 1.807) is 6.21 Å². The van der Waals surface area contributed by atoms with Gasteiger partial charge in [-0.25, -0.2) is 4.68 Å². The second kappa shape index (κ2) is 10.4. The monoisotopic (exact) mass is 407 g/mol. The number of aromatic nitrogens is 2. The second-order valence-corrected chi connectivity index (χ2v) is 6.72. The molecule has 0 unspecified atom stereocenters. The molecule has 0 saturated carbocycles. The summed E-state index contributed by atoms with van der Waals surface area (Å²) < 4.78 is 7.53. The summed E-state index contributed by atoms with van der Waals surface area (Å²) in [5.41, 5.74) is 6.50. The van der Waals surface area contributed by atoms with Crippen LogP contribution < -0.4 is 15.5 Å². The highest BCUT2D eigenvalue weighted by Crippen LogP contribution is 2.25. The topological polar surface area (TPSA) is 63.5 Å². The van der Waals surface area contributed by atoms with Crippen LogP contribution in [-0.4, -0.2) is 34.3 Å². The van der Waals surface area contributed by atoms with Crippen LogP contribution in [0.15, 0.2) is 65.9 Å². The summed E-state index contributed by atoms with van der Waals surface area (Å²) in [5.74, 6) is 0.853. The Morgan fingerprint density at radius 1 is 1.14 bits per heavy atom. The molecular weight excluding hydrogens is 382 g/mol. The van der Waals surface area contributed by atoms with E-state index in [0.29, 0.717) is 11.7 Å². The fraction of sp³-hybridized carbons (Fsp3) is 0.227. The number of thiocarbonyl (C=S) groups is 1. The number of hydrazone groups is 1. The molecule has 2 N–H and O–H groups in total. The average molecular weight is 408 g/mol. The molecule has 0 aliphatic rings. The van der Waals surface area contributed by atoms with Crippen molar-refractivity contribution in [2.24, 2.45) is 5.10 Å². The van der Waals surface area contributed by atoms with Gasteiger partial charge in [0.05, 0.1) is 18.5 Å². The molecule has 0 amide bonds. The largest absolute Gasteiger partial charge is 0.494 e. The lowest BCUT2D eigenvalue weighted by Crippen LogP contribution is -2.31. The molecule has 1 heterocycles. The van der Waals surface area contributed by atoms with Crippen LogP contribution in [0.2, 0.25) is 0 Å². The molecule has 0 aliphatic heterocycles. The van der Waals surface area contributed by atoms with Crippen LogP contribution >= 0.6 is 12.2 Å². The van der Waals surface area contributed by atoms with E-state index >= 15 is 0 Å². The third kappa shape index (κ3) is 5.65. The zero-order valence-electron chi connectivity index (χ0n) is 16.6. The minimum atomic E-state index is 0.484. The predicted molar refractivity (Wildman–Crippen MR) is 122 cm³/mol. The van der Waals surface area contributed by atoms with Gasteiger partial charge in [-0.1, -0.05) is 25.1 Å². The van der Waals surface area contributed by atoms with Gasteiger partial charge in [0.25, 0.3) is 0 Å². The van der Waals surface area contributed by atoms with Crippen molar-refractivity contribution < 1.29 is 4.74 Å². The van der Waals surface area contributed by atoms with E-state index < -0.39 is 0 Å². The molecule has 0 spiro atoms. The van der Waals surface area contributed by atoms with Crippen molar-refractivity contribution in [1.29, 1.82) is 0 Å². The predicted octanol–water partition coefficient (Wildman–Crippen LogP) is 4.15. The van der Waals surface area contributed by atoms with E-state index in [9.17, 15) is 0 Å². The molecule has 0 fully saturated rings. The van der Waals surface area contributed by atoms with Crippen LogP contribution in [0, 0.1) is 0 Å². The molecule has 0 atom stereocenters. The fourth-order valence-electron chi connectivity index (χ4n) is 2.71. The van der Waals surface area contributed by atoms with E-state index in [1.165, 1.54) is 0 Å². The lowest BCUT2D eigenvalue weighted by atomic mass is 10.1. The van der Waals surface area contributed by atoms with Gasteiger partial charge in [-0.3, -0.25) is 5.43 Å². The average Bonchev–Trinajstić information content (AvgIpc) is 3.17. The summed E-state index contributed by atoms with van der Waals surface area (Å²) in [6, 6.07) is 17.9. The van der Waals surface area contributed by atoms with Crippen molar-refractivity contribution in [3.8, 4) is 22.7 Å². The number of ether oxygens (including phenoxy) is 1. The summed E-state index contributed by atoms with van der Waals surface area (Å²) in [6.07, 6.45) is 4.66. The Balaban J connectivity index is 1.90. The van der Waals surface area contributed by atoms with Gasteiger partial charge in [0.1, 0.15) is 11.4 Å². The van der Waals surface area contributed by atoms with Crippen LogP contribution in [0.1, 0.15) is 25.8 Å². The molecule has 3 rings (SSSR count). The van der Waals surface area contributed by atoms with Gasteiger partial charge >= 0.3 is 0 Å². The summed E-state index contributed by atoms with van der Waals surface area (Å²) in [4.78, 5) is 0. The molecule has 6 nitrogen and oxygen atoms in total. The maximum atomic E-state index is 5.68. The molecule has 150 valence electrons. The zero-order chi connectivity index (χ0) is 20.5. The quantitative estimate of drug-likeness (QED) is 0.334. The number of hydrogen-bond donors (Lipinski definition) is 2. The first-order chi connectivity index (χ1) is 14.2. The van der Waals surface area contributed by atoms with Crippen molar-refractivity contribution in [3.05, 3.63) is 66.4 Å². The van der Waals surface area contributed by atoms with Crippen molar-refractivity contribution in [3.63, 3.8) is 0 Å². The van der Waals surface area contributed by atoms with Gasteiger partial charge in [0, 0.05) is 23.9 Å². The van der Waals surface area contributed by atoms with E-state index in [1.807, 2.05) is 72.4 Å². The molecular formula is C22H25N5OS. The van der Waals surface area contributed by atoms with Crippen molar-refractivity contribution in [2.75, 3.05) is 13.2 Å². The maximum absolute atomic E-state index is 5.68. The zero-order valence-corrected chi connectivity index (χ0v) is 17.4. The smallest absolute Gasteiger partial charge is 0.186 e. The Morgan fingerprint density at radius 3 is 2.59 bits per heavy atom. The van der Waals surface area contributed by atoms with Crippen LogP contribution in [0.5, 0.6) is 5.75 Å². The number of nitrogens with zero attached hydrogens (tertiary/aromatic N) is 3. The third-order valence-electron chi connectivity index (χ3n) is 4.07. The molecule has 1 aromatic heterocycles. The first kappa shape index (κ1) is 20.5. The number of benzene rings is 2. The Hall–Kier alpha value is -3.19. The lowest BCUT2D eigenvalue weighted by Gasteiger charge is -2.05. The van der Waals surface area contributed by atoms with Gasteiger partial charge in [-0.05, 0) is 62.0 Å². The molecule has 2 aromatic carbocycles. The van der Waals surface area contributed by atoms with Crippen LogP contribution in [0.3, 0.4) is 0 Å². The highest BCUT2D eigenvalue weighted by molar-refractivity contribution is 7.80. The van der Waals surface area contributed by atoms with Gasteiger partial charge in [-0.2, -0.15) is 10.2 Å². The number of hydrogen-bond acceptors (Lipinski definition) is 4. The van der Waals surface area contributed by atoms with Crippen LogP contribution in [0.4, 0.5) is 0 Å². The summed E-state index contributed by atoms with van der Waals surface area (Å²) in [6.45, 7) is 5.52. The Bertz CT molecular complexity index is 951. The van der Waals surface area contributed by atoms with Crippen molar-refractivity contribution in [1.82, 2.24) is 20.5 Å². The van der Waals surface area contributed by atoms with E-state index in [2.05, 4.69) is 22.8 Å². The number of rotatable bonds is 8. The van der Waals surface area contributed by atoms with Gasteiger partial charge in [-0.15, -0.1) is 0 Å². The summed E-state index contributed by atoms with van der Waals surface area (Å²) in [7, 11) is 0. The minimum absolute atomic E-state index is 0.484. The first-order valence-corrected chi connectivity index (χ1v) is 10.1. The van der Waals surface area contributed by atoms with Crippen molar-refractivity contribution >= 4 is 23.5 Å². The summed E-state index contributed by atoms with van der Waals surface area (Å²) >= 11 is 5.16. The standard InChI is InChI=1S/C22H25N5OS/c1-3-14-28-20-12-10-17(11-13-20)21-18(15-24-25-22(29)23-4-2)16-27(26-21)19-8-6-5-7-9-19/h5-13,15-16H,3-4,14H2,1-2H3,(H2,23,25,29)/b24-15+. The molecule has 0 aliphatic carbocycles. The first-order valence-electron chi connectivity index (χ1n) is 9.66. The second-order valence-electron chi connectivity index (χ2n) is 6.32. The van der Waals surface area contributed by atoms with Gasteiger partial charge < -0.3 is 10.1 Å². The van der Waals surface area contributed by atoms with Gasteiger partial charge in [0.15, 0.2) is 5.11 Å². The maximum Gasteiger partial charge on any atom is 0.186 e. The molecule has 0 saturated heterocycles. The van der Waals surface area contributed by atoms with Crippen LogP contribution in [0.25, 0.3) is 16.9 Å². The molecule has 0 radical (unpaired) electrons. The molecule has 0 bridgehead atoms. The summed E-state index contributed by atoms with van der Waals surface area (Å²) in [5, 5.41) is 12.5. The molecule has 7 heteroatoms. The van der Waals surface area contributed by atoms with Crippen molar-refractivity contribution in [2.45, 2.75) is 20.3 Å². The van der Waals surface area contributed by atoms with Gasteiger partial charge in [0.2, 0.25) is 0 Å². The molecule has 3 aromatic rings. The Labute approximate surface area is 176 Å². The van der Waals surface area contributed by atoms with E-state index in [0.717, 1.165) is 41.2 Å². The van der Waals surface area contributed by atoms with E-state index in [-0.39, 0.29) is 0 Å². The molecule has 29 heavy (non-hydrogen) atoms. The fourth-order valence-corrected chi connectivity index (χ4v) is 2.91. The third-order valence-corrected chi connectivity index (χ3v) is 4.31. The Kier molecular flexibility index (Phi) is 7.35. The number of para-hydroxylation sites is 1. The normalized spacial score (nSPS) is 10.8. The Morgan fingerprint density at radius 2 is 1.90 bits per heavy atom. The SMILES string of the molecule is CCCOc1ccc(-c2nn(-c3ccccc3)cc2/C=N/NC(=S)NCC)cc1.